The Morgan fingerprint density at radius 3 is 2.90 bits per heavy atom. The fourth-order valence-electron chi connectivity index (χ4n) is 3.19. The van der Waals surface area contributed by atoms with Gasteiger partial charge in [0.05, 0.1) is 0 Å². The Kier molecular flexibility index (Phi) is 4.18. The number of phenols is 1. The van der Waals surface area contributed by atoms with E-state index in [1.54, 1.807) is 6.07 Å². The molecule has 2 aromatic rings. The standard InChI is InChI=1S/C17H21NOS/c1-20-17-8-4-7-15(17)18-11-14-13-6-3-2-5-12(13)9-10-16(14)19/h2-3,5-6,9-10,15,17-19H,4,7-8,11H2,1H3. The minimum absolute atomic E-state index is 0.398. The van der Waals surface area contributed by atoms with E-state index in [4.69, 9.17) is 0 Å². The lowest BCUT2D eigenvalue weighted by Crippen LogP contribution is -2.33. The second kappa shape index (κ2) is 6.06. The molecular weight excluding hydrogens is 266 g/mol. The lowest BCUT2D eigenvalue weighted by molar-refractivity contribution is 0.459. The highest BCUT2D eigenvalue weighted by molar-refractivity contribution is 7.99. The monoisotopic (exact) mass is 287 g/mol. The maximum Gasteiger partial charge on any atom is 0.120 e. The summed E-state index contributed by atoms with van der Waals surface area (Å²) >= 11 is 1.96. The minimum atomic E-state index is 0.398. The maximum atomic E-state index is 10.2. The molecule has 3 rings (SSSR count). The number of rotatable bonds is 4. The molecule has 1 aliphatic rings. The minimum Gasteiger partial charge on any atom is -0.508 e. The summed E-state index contributed by atoms with van der Waals surface area (Å²) in [4.78, 5) is 0. The van der Waals surface area contributed by atoms with Gasteiger partial charge in [0.2, 0.25) is 0 Å². The predicted octanol–water partition coefficient (Wildman–Crippen LogP) is 3.92. The van der Waals surface area contributed by atoms with Gasteiger partial charge in [-0.25, -0.2) is 0 Å². The van der Waals surface area contributed by atoms with Crippen molar-refractivity contribution in [2.45, 2.75) is 37.1 Å². The van der Waals surface area contributed by atoms with Crippen LogP contribution in [0.1, 0.15) is 24.8 Å². The molecule has 0 heterocycles. The first-order valence-electron chi connectivity index (χ1n) is 7.25. The first-order chi connectivity index (χ1) is 9.79. The third kappa shape index (κ3) is 2.65. The number of thioether (sulfide) groups is 1. The predicted molar refractivity (Wildman–Crippen MR) is 87.4 cm³/mol. The molecule has 0 bridgehead atoms. The van der Waals surface area contributed by atoms with Crippen LogP contribution in [0.3, 0.4) is 0 Å². The summed E-state index contributed by atoms with van der Waals surface area (Å²) < 4.78 is 0. The van der Waals surface area contributed by atoms with Gasteiger partial charge in [-0.1, -0.05) is 36.8 Å². The molecule has 2 atom stereocenters. The van der Waals surface area contributed by atoms with Crippen molar-refractivity contribution in [3.8, 4) is 5.75 Å². The van der Waals surface area contributed by atoms with Crippen LogP contribution in [0.25, 0.3) is 10.8 Å². The molecule has 2 nitrogen and oxygen atoms in total. The molecular formula is C17H21NOS. The Bertz CT molecular complexity index is 599. The van der Waals surface area contributed by atoms with Crippen molar-refractivity contribution in [1.82, 2.24) is 5.32 Å². The van der Waals surface area contributed by atoms with Gasteiger partial charge in [0.15, 0.2) is 0 Å². The van der Waals surface area contributed by atoms with Gasteiger partial charge in [-0.05, 0) is 35.9 Å². The van der Waals surface area contributed by atoms with Crippen molar-refractivity contribution in [3.05, 3.63) is 42.0 Å². The zero-order valence-corrected chi connectivity index (χ0v) is 12.6. The van der Waals surface area contributed by atoms with Crippen LogP contribution in [0, 0.1) is 0 Å². The van der Waals surface area contributed by atoms with Gasteiger partial charge in [0, 0.05) is 23.4 Å². The molecule has 0 radical (unpaired) electrons. The Morgan fingerprint density at radius 1 is 1.20 bits per heavy atom. The van der Waals surface area contributed by atoms with E-state index in [-0.39, 0.29) is 0 Å². The van der Waals surface area contributed by atoms with E-state index in [1.165, 1.54) is 24.6 Å². The fourth-order valence-corrected chi connectivity index (χ4v) is 4.15. The van der Waals surface area contributed by atoms with Crippen molar-refractivity contribution in [3.63, 3.8) is 0 Å². The molecule has 1 aliphatic carbocycles. The number of aromatic hydroxyl groups is 1. The van der Waals surface area contributed by atoms with E-state index in [1.807, 2.05) is 30.0 Å². The molecule has 0 aliphatic heterocycles. The number of hydrogen-bond acceptors (Lipinski definition) is 3. The maximum absolute atomic E-state index is 10.2. The Labute approximate surface area is 124 Å². The molecule has 3 heteroatoms. The van der Waals surface area contributed by atoms with Gasteiger partial charge < -0.3 is 10.4 Å². The van der Waals surface area contributed by atoms with Gasteiger partial charge >= 0.3 is 0 Å². The van der Waals surface area contributed by atoms with Gasteiger partial charge in [-0.3, -0.25) is 0 Å². The van der Waals surface area contributed by atoms with Crippen LogP contribution < -0.4 is 5.32 Å². The van der Waals surface area contributed by atoms with Crippen LogP contribution in [-0.2, 0) is 6.54 Å². The summed E-state index contributed by atoms with van der Waals surface area (Å²) in [5.41, 5.74) is 1.02. The molecule has 20 heavy (non-hydrogen) atoms. The van der Waals surface area contributed by atoms with E-state index < -0.39 is 0 Å². The lowest BCUT2D eigenvalue weighted by atomic mass is 10.0. The quantitative estimate of drug-likeness (QED) is 0.894. The molecule has 0 aromatic heterocycles. The van der Waals surface area contributed by atoms with Crippen LogP contribution in [0.15, 0.2) is 36.4 Å². The van der Waals surface area contributed by atoms with E-state index in [2.05, 4.69) is 23.7 Å². The summed E-state index contributed by atoms with van der Waals surface area (Å²) in [5.74, 6) is 0.398. The lowest BCUT2D eigenvalue weighted by Gasteiger charge is -2.20. The summed E-state index contributed by atoms with van der Waals surface area (Å²) in [6, 6.07) is 12.6. The Morgan fingerprint density at radius 2 is 2.05 bits per heavy atom. The van der Waals surface area contributed by atoms with Crippen LogP contribution in [0.2, 0.25) is 0 Å². The first kappa shape index (κ1) is 13.8. The second-order valence-electron chi connectivity index (χ2n) is 5.48. The third-order valence-electron chi connectivity index (χ3n) is 4.31. The van der Waals surface area contributed by atoms with Crippen LogP contribution in [-0.4, -0.2) is 22.7 Å². The summed E-state index contributed by atoms with van der Waals surface area (Å²) in [5, 5.41) is 16.9. The molecule has 2 aromatic carbocycles. The van der Waals surface area contributed by atoms with E-state index in [9.17, 15) is 5.11 Å². The molecule has 1 fully saturated rings. The zero-order chi connectivity index (χ0) is 13.9. The van der Waals surface area contributed by atoms with Gasteiger partial charge in [0.1, 0.15) is 5.75 Å². The molecule has 1 saturated carbocycles. The number of nitrogens with one attached hydrogen (secondary N) is 1. The van der Waals surface area contributed by atoms with Crippen molar-refractivity contribution in [2.75, 3.05) is 6.26 Å². The highest BCUT2D eigenvalue weighted by atomic mass is 32.2. The number of fused-ring (bicyclic) bond motifs is 1. The van der Waals surface area contributed by atoms with Crippen LogP contribution in [0.4, 0.5) is 0 Å². The first-order valence-corrected chi connectivity index (χ1v) is 8.54. The fraction of sp³-hybridized carbons (Fsp3) is 0.412. The Balaban J connectivity index is 1.82. The average molecular weight is 287 g/mol. The summed E-state index contributed by atoms with van der Waals surface area (Å²) in [6.07, 6.45) is 6.06. The average Bonchev–Trinajstić information content (AvgIpc) is 2.94. The van der Waals surface area contributed by atoms with Gasteiger partial charge in [-0.2, -0.15) is 11.8 Å². The molecule has 0 amide bonds. The van der Waals surface area contributed by atoms with Gasteiger partial charge in [-0.15, -0.1) is 0 Å². The number of phenolic OH excluding ortho intramolecular Hbond substituents is 1. The number of hydrogen-bond donors (Lipinski definition) is 2. The topological polar surface area (TPSA) is 32.3 Å². The smallest absolute Gasteiger partial charge is 0.120 e. The largest absolute Gasteiger partial charge is 0.508 e. The van der Waals surface area contributed by atoms with Crippen molar-refractivity contribution >= 4 is 22.5 Å². The molecule has 0 saturated heterocycles. The van der Waals surface area contributed by atoms with Crippen molar-refractivity contribution < 1.29 is 5.11 Å². The molecule has 0 spiro atoms. The van der Waals surface area contributed by atoms with Gasteiger partial charge in [0.25, 0.3) is 0 Å². The third-order valence-corrected chi connectivity index (χ3v) is 5.48. The van der Waals surface area contributed by atoms with E-state index in [0.29, 0.717) is 17.0 Å². The Hall–Kier alpha value is -1.19. The normalized spacial score (nSPS) is 22.4. The molecule has 2 unspecified atom stereocenters. The molecule has 106 valence electrons. The van der Waals surface area contributed by atoms with Crippen molar-refractivity contribution in [2.24, 2.45) is 0 Å². The van der Waals surface area contributed by atoms with E-state index >= 15 is 0 Å². The molecule has 2 N–H and O–H groups in total. The number of benzene rings is 2. The highest BCUT2D eigenvalue weighted by Gasteiger charge is 2.26. The second-order valence-corrected chi connectivity index (χ2v) is 6.55. The van der Waals surface area contributed by atoms with E-state index in [0.717, 1.165) is 17.5 Å². The summed E-state index contributed by atoms with van der Waals surface area (Å²) in [7, 11) is 0. The van der Waals surface area contributed by atoms with Crippen molar-refractivity contribution in [1.29, 1.82) is 0 Å². The zero-order valence-electron chi connectivity index (χ0n) is 11.8. The van der Waals surface area contributed by atoms with Crippen LogP contribution >= 0.6 is 11.8 Å². The SMILES string of the molecule is CSC1CCCC1NCc1c(O)ccc2ccccc12. The highest BCUT2D eigenvalue weighted by Crippen LogP contribution is 2.30. The van der Waals surface area contributed by atoms with Crippen LogP contribution in [0.5, 0.6) is 5.75 Å². The summed E-state index contributed by atoms with van der Waals surface area (Å²) in [6.45, 7) is 0.745.